The minimum absolute atomic E-state index is 0.295. The number of ether oxygens (including phenoxy) is 1. The summed E-state index contributed by atoms with van der Waals surface area (Å²) in [6.45, 7) is 4.76. The Kier molecular flexibility index (Phi) is 8.39. The van der Waals surface area contributed by atoms with Crippen molar-refractivity contribution in [3.05, 3.63) is 0 Å². The standard InChI is InChI=1S/C6H11NO.C3H8O/c8-5-6-2-1-3-7-4-6;1-3-4-2/h5-7H,1-4H2;3H2,1-2H3. The van der Waals surface area contributed by atoms with Crippen LogP contribution in [-0.4, -0.2) is 33.1 Å². The summed E-state index contributed by atoms with van der Waals surface area (Å²) in [5, 5.41) is 3.15. The fraction of sp³-hybridized carbons (Fsp3) is 0.889. The van der Waals surface area contributed by atoms with Crippen molar-refractivity contribution >= 4 is 6.29 Å². The highest BCUT2D eigenvalue weighted by atomic mass is 16.5. The molecule has 1 unspecified atom stereocenters. The van der Waals surface area contributed by atoms with Crippen LogP contribution >= 0.6 is 0 Å². The van der Waals surface area contributed by atoms with E-state index in [0.717, 1.165) is 38.8 Å². The van der Waals surface area contributed by atoms with Crippen molar-refractivity contribution in [2.45, 2.75) is 19.8 Å². The van der Waals surface area contributed by atoms with Crippen LogP contribution in [0, 0.1) is 5.92 Å². The molecule has 12 heavy (non-hydrogen) atoms. The van der Waals surface area contributed by atoms with Gasteiger partial charge in [0, 0.05) is 26.2 Å². The van der Waals surface area contributed by atoms with Crippen molar-refractivity contribution in [1.29, 1.82) is 0 Å². The lowest BCUT2D eigenvalue weighted by atomic mass is 10.0. The van der Waals surface area contributed by atoms with E-state index in [9.17, 15) is 4.79 Å². The zero-order valence-corrected chi connectivity index (χ0v) is 8.01. The Morgan fingerprint density at radius 3 is 2.58 bits per heavy atom. The number of carbonyl (C=O) groups is 1. The van der Waals surface area contributed by atoms with Crippen LogP contribution in [0.5, 0.6) is 0 Å². The predicted octanol–water partition coefficient (Wildman–Crippen LogP) is 0.838. The second-order valence-electron chi connectivity index (χ2n) is 2.82. The van der Waals surface area contributed by atoms with Crippen molar-refractivity contribution < 1.29 is 9.53 Å². The van der Waals surface area contributed by atoms with E-state index in [4.69, 9.17) is 0 Å². The number of piperidine rings is 1. The molecule has 0 aliphatic carbocycles. The van der Waals surface area contributed by atoms with Gasteiger partial charge in [0.1, 0.15) is 6.29 Å². The molecule has 0 radical (unpaired) electrons. The van der Waals surface area contributed by atoms with E-state index in [1.54, 1.807) is 7.11 Å². The Labute approximate surface area is 74.5 Å². The topological polar surface area (TPSA) is 38.3 Å². The smallest absolute Gasteiger partial charge is 0.124 e. The van der Waals surface area contributed by atoms with Gasteiger partial charge in [-0.15, -0.1) is 0 Å². The highest BCUT2D eigenvalue weighted by Gasteiger charge is 2.09. The summed E-state index contributed by atoms with van der Waals surface area (Å²) < 4.78 is 4.54. The quantitative estimate of drug-likeness (QED) is 0.629. The average Bonchev–Trinajstić information content (AvgIpc) is 2.19. The Morgan fingerprint density at radius 2 is 2.33 bits per heavy atom. The summed E-state index contributed by atoms with van der Waals surface area (Å²) in [6, 6.07) is 0. The monoisotopic (exact) mass is 173 g/mol. The van der Waals surface area contributed by atoms with Crippen molar-refractivity contribution in [1.82, 2.24) is 5.32 Å². The van der Waals surface area contributed by atoms with Gasteiger partial charge in [-0.1, -0.05) is 0 Å². The van der Waals surface area contributed by atoms with E-state index in [0.29, 0.717) is 5.92 Å². The van der Waals surface area contributed by atoms with Gasteiger partial charge in [0.05, 0.1) is 0 Å². The third-order valence-electron chi connectivity index (χ3n) is 1.82. The molecule has 3 nitrogen and oxygen atoms in total. The molecule has 1 aliphatic rings. The number of nitrogens with one attached hydrogen (secondary N) is 1. The molecule has 1 aliphatic heterocycles. The van der Waals surface area contributed by atoms with Crippen molar-refractivity contribution in [2.75, 3.05) is 26.8 Å². The zero-order valence-electron chi connectivity index (χ0n) is 8.01. The molecule has 1 atom stereocenters. The third-order valence-corrected chi connectivity index (χ3v) is 1.82. The van der Waals surface area contributed by atoms with Gasteiger partial charge in [-0.2, -0.15) is 0 Å². The SMILES string of the molecule is CCOC.O=CC1CCCNC1. The van der Waals surface area contributed by atoms with E-state index >= 15 is 0 Å². The fourth-order valence-electron chi connectivity index (χ4n) is 0.995. The van der Waals surface area contributed by atoms with Crippen molar-refractivity contribution in [3.8, 4) is 0 Å². The fourth-order valence-corrected chi connectivity index (χ4v) is 0.995. The average molecular weight is 173 g/mol. The first-order chi connectivity index (χ1) is 5.85. The molecule has 1 heterocycles. The summed E-state index contributed by atoms with van der Waals surface area (Å²) in [5.41, 5.74) is 0. The number of aldehydes is 1. The summed E-state index contributed by atoms with van der Waals surface area (Å²) in [5.74, 6) is 0.295. The molecule has 1 N–H and O–H groups in total. The molecule has 1 fully saturated rings. The summed E-state index contributed by atoms with van der Waals surface area (Å²) in [4.78, 5) is 10.1. The van der Waals surface area contributed by atoms with E-state index in [2.05, 4.69) is 10.1 Å². The van der Waals surface area contributed by atoms with Gasteiger partial charge in [0.25, 0.3) is 0 Å². The largest absolute Gasteiger partial charge is 0.385 e. The lowest BCUT2D eigenvalue weighted by Crippen LogP contribution is -2.30. The summed E-state index contributed by atoms with van der Waals surface area (Å²) >= 11 is 0. The van der Waals surface area contributed by atoms with Crippen molar-refractivity contribution in [2.24, 2.45) is 5.92 Å². The maximum atomic E-state index is 10.1. The first-order valence-corrected chi connectivity index (χ1v) is 4.50. The van der Waals surface area contributed by atoms with Gasteiger partial charge in [-0.05, 0) is 26.3 Å². The van der Waals surface area contributed by atoms with Crippen LogP contribution in [-0.2, 0) is 9.53 Å². The van der Waals surface area contributed by atoms with Gasteiger partial charge in [-0.25, -0.2) is 0 Å². The molecular formula is C9H19NO2. The minimum atomic E-state index is 0.295. The Morgan fingerprint density at radius 1 is 1.67 bits per heavy atom. The molecule has 1 saturated heterocycles. The Hall–Kier alpha value is -0.410. The van der Waals surface area contributed by atoms with Crippen LogP contribution in [0.4, 0.5) is 0 Å². The summed E-state index contributed by atoms with van der Waals surface area (Å²) in [6.07, 6.45) is 3.28. The van der Waals surface area contributed by atoms with Crippen LogP contribution in [0.1, 0.15) is 19.8 Å². The predicted molar refractivity (Wildman–Crippen MR) is 49.2 cm³/mol. The molecule has 0 aromatic rings. The second-order valence-corrected chi connectivity index (χ2v) is 2.82. The molecule has 0 bridgehead atoms. The van der Waals surface area contributed by atoms with Crippen LogP contribution in [0.2, 0.25) is 0 Å². The van der Waals surface area contributed by atoms with Gasteiger partial charge in [-0.3, -0.25) is 0 Å². The molecule has 3 heteroatoms. The van der Waals surface area contributed by atoms with Crippen LogP contribution in [0.3, 0.4) is 0 Å². The van der Waals surface area contributed by atoms with Gasteiger partial charge in [0.15, 0.2) is 0 Å². The molecular weight excluding hydrogens is 154 g/mol. The van der Waals surface area contributed by atoms with E-state index < -0.39 is 0 Å². The molecule has 0 amide bonds. The maximum Gasteiger partial charge on any atom is 0.124 e. The minimum Gasteiger partial charge on any atom is -0.385 e. The third kappa shape index (κ3) is 6.31. The van der Waals surface area contributed by atoms with Crippen LogP contribution in [0.15, 0.2) is 0 Å². The van der Waals surface area contributed by atoms with E-state index in [1.165, 1.54) is 0 Å². The molecule has 0 aromatic heterocycles. The number of hydrogen-bond donors (Lipinski definition) is 1. The zero-order chi connectivity index (χ0) is 9.23. The lowest BCUT2D eigenvalue weighted by molar-refractivity contribution is -0.111. The van der Waals surface area contributed by atoms with E-state index in [-0.39, 0.29) is 0 Å². The highest BCUT2D eigenvalue weighted by molar-refractivity contribution is 5.53. The van der Waals surface area contributed by atoms with Gasteiger partial charge < -0.3 is 14.8 Å². The van der Waals surface area contributed by atoms with Crippen LogP contribution < -0.4 is 5.32 Å². The molecule has 0 aromatic carbocycles. The molecule has 0 spiro atoms. The highest BCUT2D eigenvalue weighted by Crippen LogP contribution is 2.05. The Bertz CT molecular complexity index is 98.7. The maximum absolute atomic E-state index is 10.1. The first-order valence-electron chi connectivity index (χ1n) is 4.50. The Balaban J connectivity index is 0.000000261. The van der Waals surface area contributed by atoms with E-state index in [1.807, 2.05) is 6.92 Å². The number of carbonyl (C=O) groups excluding carboxylic acids is 1. The van der Waals surface area contributed by atoms with Gasteiger partial charge >= 0.3 is 0 Å². The van der Waals surface area contributed by atoms with Crippen molar-refractivity contribution in [3.63, 3.8) is 0 Å². The molecule has 0 saturated carbocycles. The normalized spacial score (nSPS) is 22.3. The molecule has 1 rings (SSSR count). The number of hydrogen-bond acceptors (Lipinski definition) is 3. The molecule has 72 valence electrons. The summed E-state index contributed by atoms with van der Waals surface area (Å²) in [7, 11) is 1.68. The first kappa shape index (κ1) is 11.6. The lowest BCUT2D eigenvalue weighted by Gasteiger charge is -2.16. The second kappa shape index (κ2) is 8.68. The number of methoxy groups -OCH3 is 1. The van der Waals surface area contributed by atoms with Gasteiger partial charge in [0.2, 0.25) is 0 Å². The van der Waals surface area contributed by atoms with Crippen LogP contribution in [0.25, 0.3) is 0 Å². The number of rotatable bonds is 2.